The molecule has 0 aliphatic carbocycles. The average molecular weight is 362 g/mol. The number of nitrogens with two attached hydrogens (primary N) is 1. The van der Waals surface area contributed by atoms with Crippen LogP contribution in [0.2, 0.25) is 0 Å². The van der Waals surface area contributed by atoms with Crippen molar-refractivity contribution in [2.75, 3.05) is 19.8 Å². The molecule has 0 aromatic heterocycles. The quantitative estimate of drug-likeness (QED) is 0.856. The van der Waals surface area contributed by atoms with Crippen molar-refractivity contribution in [3.8, 4) is 5.75 Å². The molecule has 1 amide bonds. The van der Waals surface area contributed by atoms with Gasteiger partial charge in [0.25, 0.3) is 0 Å². The second-order valence-electron chi connectivity index (χ2n) is 6.14. The van der Waals surface area contributed by atoms with Gasteiger partial charge in [-0.2, -0.15) is 0 Å². The molecule has 5 nitrogen and oxygen atoms in total. The van der Waals surface area contributed by atoms with E-state index >= 15 is 0 Å². The number of primary amides is 1. The predicted octanol–water partition coefficient (Wildman–Crippen LogP) is 2.23. The standard InChI is InChI=1S/C19H20F2N2O3/c20-15-3-1-2-13(8-15)11-26-16-5-4-14(17(21)9-16)10-23-6-7-25-12-18(23)19(22)24/h1-5,8-9,18H,6-7,10-12H2,(H2,22,24). The van der Waals surface area contributed by atoms with E-state index in [0.717, 1.165) is 0 Å². The van der Waals surface area contributed by atoms with Gasteiger partial charge in [-0.3, -0.25) is 9.69 Å². The van der Waals surface area contributed by atoms with Crippen molar-refractivity contribution in [1.82, 2.24) is 4.90 Å². The Kier molecular flexibility index (Phi) is 5.80. The maximum Gasteiger partial charge on any atom is 0.237 e. The first kappa shape index (κ1) is 18.3. The van der Waals surface area contributed by atoms with Gasteiger partial charge in [0.05, 0.1) is 13.2 Å². The molecular formula is C19H20F2N2O3. The van der Waals surface area contributed by atoms with Crippen molar-refractivity contribution in [3.05, 3.63) is 65.2 Å². The summed E-state index contributed by atoms with van der Waals surface area (Å²) in [6.45, 7) is 1.59. The first-order valence-electron chi connectivity index (χ1n) is 8.29. The molecule has 1 heterocycles. The van der Waals surface area contributed by atoms with E-state index in [1.807, 2.05) is 0 Å². The summed E-state index contributed by atoms with van der Waals surface area (Å²) in [4.78, 5) is 13.3. The normalized spacial score (nSPS) is 17.8. The minimum atomic E-state index is -0.563. The molecule has 3 rings (SSSR count). The van der Waals surface area contributed by atoms with E-state index in [2.05, 4.69) is 0 Å². The lowest BCUT2D eigenvalue weighted by molar-refractivity contribution is -0.129. The van der Waals surface area contributed by atoms with Crippen LogP contribution in [0.25, 0.3) is 0 Å². The van der Waals surface area contributed by atoms with Crippen LogP contribution in [0.15, 0.2) is 42.5 Å². The van der Waals surface area contributed by atoms with Crippen molar-refractivity contribution in [3.63, 3.8) is 0 Å². The Morgan fingerprint density at radius 3 is 2.85 bits per heavy atom. The fourth-order valence-electron chi connectivity index (χ4n) is 2.85. The lowest BCUT2D eigenvalue weighted by atomic mass is 10.1. The molecule has 0 bridgehead atoms. The maximum absolute atomic E-state index is 14.4. The van der Waals surface area contributed by atoms with E-state index in [4.69, 9.17) is 15.2 Å². The molecule has 26 heavy (non-hydrogen) atoms. The Balaban J connectivity index is 1.64. The molecular weight excluding hydrogens is 342 g/mol. The molecule has 1 fully saturated rings. The van der Waals surface area contributed by atoms with Crippen molar-refractivity contribution in [1.29, 1.82) is 0 Å². The first-order valence-corrected chi connectivity index (χ1v) is 8.29. The summed E-state index contributed by atoms with van der Waals surface area (Å²) in [5.41, 5.74) is 6.48. The topological polar surface area (TPSA) is 64.8 Å². The van der Waals surface area contributed by atoms with E-state index in [9.17, 15) is 13.6 Å². The molecule has 0 radical (unpaired) electrons. The summed E-state index contributed by atoms with van der Waals surface area (Å²) >= 11 is 0. The van der Waals surface area contributed by atoms with Gasteiger partial charge in [-0.1, -0.05) is 18.2 Å². The number of amides is 1. The smallest absolute Gasteiger partial charge is 0.237 e. The summed E-state index contributed by atoms with van der Waals surface area (Å²) in [5.74, 6) is -0.914. The second-order valence-corrected chi connectivity index (χ2v) is 6.14. The zero-order valence-electron chi connectivity index (χ0n) is 14.2. The number of ether oxygens (including phenoxy) is 2. The van der Waals surface area contributed by atoms with Crippen LogP contribution in [-0.4, -0.2) is 36.6 Å². The van der Waals surface area contributed by atoms with Gasteiger partial charge >= 0.3 is 0 Å². The summed E-state index contributed by atoms with van der Waals surface area (Å²) in [5, 5.41) is 0. The lowest BCUT2D eigenvalue weighted by Crippen LogP contribution is -2.51. The molecule has 1 aliphatic heterocycles. The van der Waals surface area contributed by atoms with E-state index in [1.54, 1.807) is 29.2 Å². The SMILES string of the molecule is NC(=O)C1COCCN1Cc1ccc(OCc2cccc(F)c2)cc1F. The molecule has 1 atom stereocenters. The van der Waals surface area contributed by atoms with Gasteiger partial charge in [-0.25, -0.2) is 8.78 Å². The number of carbonyl (C=O) groups is 1. The lowest BCUT2D eigenvalue weighted by Gasteiger charge is -2.33. The van der Waals surface area contributed by atoms with E-state index in [-0.39, 0.29) is 25.6 Å². The molecule has 1 aliphatic rings. The van der Waals surface area contributed by atoms with Gasteiger partial charge in [0.15, 0.2) is 0 Å². The summed E-state index contributed by atoms with van der Waals surface area (Å²) in [6.07, 6.45) is 0. The maximum atomic E-state index is 14.4. The highest BCUT2D eigenvalue weighted by atomic mass is 19.1. The largest absolute Gasteiger partial charge is 0.489 e. The number of hydrogen-bond acceptors (Lipinski definition) is 4. The number of benzene rings is 2. The summed E-state index contributed by atoms with van der Waals surface area (Å²) in [7, 11) is 0. The third-order valence-corrected chi connectivity index (χ3v) is 4.26. The number of hydrogen-bond donors (Lipinski definition) is 1. The zero-order chi connectivity index (χ0) is 18.5. The number of nitrogens with zero attached hydrogens (tertiary/aromatic N) is 1. The monoisotopic (exact) mass is 362 g/mol. The Labute approximate surface area is 150 Å². The van der Waals surface area contributed by atoms with Crippen molar-refractivity contribution < 1.29 is 23.0 Å². The average Bonchev–Trinajstić information content (AvgIpc) is 2.62. The Morgan fingerprint density at radius 2 is 2.12 bits per heavy atom. The van der Waals surface area contributed by atoms with Crippen LogP contribution in [0.1, 0.15) is 11.1 Å². The van der Waals surface area contributed by atoms with Crippen LogP contribution in [0.4, 0.5) is 8.78 Å². The second kappa shape index (κ2) is 8.25. The van der Waals surface area contributed by atoms with Gasteiger partial charge in [0.2, 0.25) is 5.91 Å². The Bertz CT molecular complexity index is 785. The van der Waals surface area contributed by atoms with Crippen molar-refractivity contribution in [2.24, 2.45) is 5.73 Å². The molecule has 2 aromatic rings. The van der Waals surface area contributed by atoms with Crippen molar-refractivity contribution in [2.45, 2.75) is 19.2 Å². The Morgan fingerprint density at radius 1 is 1.27 bits per heavy atom. The van der Waals surface area contributed by atoms with Gasteiger partial charge < -0.3 is 15.2 Å². The highest BCUT2D eigenvalue weighted by molar-refractivity contribution is 5.80. The molecule has 138 valence electrons. The molecule has 0 saturated carbocycles. The number of halogens is 2. The fraction of sp³-hybridized carbons (Fsp3) is 0.316. The number of carbonyl (C=O) groups excluding carboxylic acids is 1. The van der Waals surface area contributed by atoms with Gasteiger partial charge in [0.1, 0.15) is 30.0 Å². The van der Waals surface area contributed by atoms with E-state index < -0.39 is 17.8 Å². The first-order chi connectivity index (χ1) is 12.5. The van der Waals surface area contributed by atoms with Gasteiger partial charge in [0, 0.05) is 24.7 Å². The minimum Gasteiger partial charge on any atom is -0.489 e. The van der Waals surface area contributed by atoms with Gasteiger partial charge in [-0.15, -0.1) is 0 Å². The van der Waals surface area contributed by atoms with E-state index in [0.29, 0.717) is 30.0 Å². The van der Waals surface area contributed by atoms with Crippen LogP contribution in [-0.2, 0) is 22.7 Å². The molecule has 0 spiro atoms. The predicted molar refractivity (Wildman–Crippen MR) is 91.3 cm³/mol. The third-order valence-electron chi connectivity index (χ3n) is 4.26. The molecule has 2 N–H and O–H groups in total. The van der Waals surface area contributed by atoms with Crippen LogP contribution in [0.3, 0.4) is 0 Å². The molecule has 7 heteroatoms. The molecule has 1 unspecified atom stereocenters. The fourth-order valence-corrected chi connectivity index (χ4v) is 2.85. The number of rotatable bonds is 6. The highest BCUT2D eigenvalue weighted by Gasteiger charge is 2.28. The van der Waals surface area contributed by atoms with Crippen molar-refractivity contribution >= 4 is 5.91 Å². The number of morpholine rings is 1. The third kappa shape index (κ3) is 4.56. The Hall–Kier alpha value is -2.51. The van der Waals surface area contributed by atoms with Crippen LogP contribution >= 0.6 is 0 Å². The van der Waals surface area contributed by atoms with Crippen LogP contribution in [0.5, 0.6) is 5.75 Å². The minimum absolute atomic E-state index is 0.143. The highest BCUT2D eigenvalue weighted by Crippen LogP contribution is 2.21. The van der Waals surface area contributed by atoms with Gasteiger partial charge in [-0.05, 0) is 23.8 Å². The van der Waals surface area contributed by atoms with E-state index in [1.165, 1.54) is 18.2 Å². The zero-order valence-corrected chi connectivity index (χ0v) is 14.2. The molecule has 2 aromatic carbocycles. The molecule has 1 saturated heterocycles. The summed E-state index contributed by atoms with van der Waals surface area (Å²) in [6, 6.07) is 10.0. The van der Waals surface area contributed by atoms with Crippen LogP contribution < -0.4 is 10.5 Å². The summed E-state index contributed by atoms with van der Waals surface area (Å²) < 4.78 is 38.3. The van der Waals surface area contributed by atoms with Crippen LogP contribution in [0, 0.1) is 11.6 Å².